The van der Waals surface area contributed by atoms with Crippen molar-refractivity contribution in [3.8, 4) is 0 Å². The standard InChI is InChI=1S/C17H23N5O4S/c1-12(2)21-11-18-19-17(21)13-6-5-9-20(10-13)14-7-4-8-15(27(3,25)26)16(14)22(23)24/h4,7-8,11-13H,5-6,9-10H2,1-3H3. The lowest BCUT2D eigenvalue weighted by Gasteiger charge is -2.34. The second kappa shape index (κ2) is 7.26. The van der Waals surface area contributed by atoms with Crippen LogP contribution in [0.15, 0.2) is 29.4 Å². The van der Waals surface area contributed by atoms with Crippen molar-refractivity contribution >= 4 is 21.2 Å². The zero-order chi connectivity index (χ0) is 19.8. The average Bonchev–Trinajstić information content (AvgIpc) is 3.10. The molecule has 2 heterocycles. The fourth-order valence-electron chi connectivity index (χ4n) is 3.60. The molecule has 1 atom stereocenters. The van der Waals surface area contributed by atoms with E-state index in [1.165, 1.54) is 6.07 Å². The SMILES string of the molecule is CC(C)n1cnnc1C1CCCN(c2cccc(S(C)(=O)=O)c2[N+](=O)[O-])C1. The minimum atomic E-state index is -3.71. The summed E-state index contributed by atoms with van der Waals surface area (Å²) in [5, 5.41) is 19.9. The predicted octanol–water partition coefficient (Wildman–Crippen LogP) is 2.55. The van der Waals surface area contributed by atoms with E-state index < -0.39 is 14.8 Å². The molecule has 0 bridgehead atoms. The number of sulfone groups is 1. The van der Waals surface area contributed by atoms with E-state index in [2.05, 4.69) is 10.2 Å². The molecule has 1 fully saturated rings. The topological polar surface area (TPSA) is 111 Å². The highest BCUT2D eigenvalue weighted by atomic mass is 32.2. The van der Waals surface area contributed by atoms with Gasteiger partial charge in [-0.15, -0.1) is 10.2 Å². The summed E-state index contributed by atoms with van der Waals surface area (Å²) in [5.74, 6) is 0.932. The van der Waals surface area contributed by atoms with Crippen molar-refractivity contribution in [1.82, 2.24) is 14.8 Å². The lowest BCUT2D eigenvalue weighted by molar-refractivity contribution is -0.387. The highest BCUT2D eigenvalue weighted by Crippen LogP contribution is 2.38. The number of anilines is 1. The number of hydrogen-bond acceptors (Lipinski definition) is 7. The Morgan fingerprint density at radius 1 is 1.33 bits per heavy atom. The number of aromatic nitrogens is 3. The Morgan fingerprint density at radius 3 is 2.70 bits per heavy atom. The maximum Gasteiger partial charge on any atom is 0.311 e. The molecule has 1 aromatic carbocycles. The van der Waals surface area contributed by atoms with E-state index in [1.54, 1.807) is 18.5 Å². The lowest BCUT2D eigenvalue weighted by Crippen LogP contribution is -2.36. The van der Waals surface area contributed by atoms with E-state index in [0.29, 0.717) is 18.8 Å². The number of para-hydroxylation sites is 1. The first-order valence-electron chi connectivity index (χ1n) is 8.82. The van der Waals surface area contributed by atoms with E-state index in [-0.39, 0.29) is 22.5 Å². The Bertz CT molecular complexity index is 954. The molecule has 146 valence electrons. The van der Waals surface area contributed by atoms with Gasteiger partial charge in [-0.1, -0.05) is 6.07 Å². The van der Waals surface area contributed by atoms with Gasteiger partial charge >= 0.3 is 5.69 Å². The van der Waals surface area contributed by atoms with Crippen molar-refractivity contribution < 1.29 is 13.3 Å². The van der Waals surface area contributed by atoms with Crippen LogP contribution in [-0.2, 0) is 9.84 Å². The van der Waals surface area contributed by atoms with Crippen LogP contribution in [0, 0.1) is 10.1 Å². The van der Waals surface area contributed by atoms with Crippen LogP contribution in [-0.4, -0.2) is 47.5 Å². The first-order chi connectivity index (χ1) is 12.7. The smallest absolute Gasteiger partial charge is 0.311 e. The van der Waals surface area contributed by atoms with Gasteiger partial charge in [-0.2, -0.15) is 0 Å². The number of nitro groups is 1. The zero-order valence-corrected chi connectivity index (χ0v) is 16.4. The van der Waals surface area contributed by atoms with Crippen LogP contribution < -0.4 is 4.90 Å². The first-order valence-corrected chi connectivity index (χ1v) is 10.7. The maximum atomic E-state index is 12.0. The van der Waals surface area contributed by atoms with Gasteiger partial charge in [0, 0.05) is 31.3 Å². The largest absolute Gasteiger partial charge is 0.365 e. The normalized spacial score (nSPS) is 18.1. The van der Waals surface area contributed by atoms with E-state index in [0.717, 1.165) is 24.9 Å². The lowest BCUT2D eigenvalue weighted by atomic mass is 9.96. The summed E-state index contributed by atoms with van der Waals surface area (Å²) in [6.45, 7) is 5.25. The molecule has 1 unspecified atom stereocenters. The minimum absolute atomic E-state index is 0.0742. The van der Waals surface area contributed by atoms with Gasteiger partial charge in [-0.25, -0.2) is 8.42 Å². The van der Waals surface area contributed by atoms with Crippen molar-refractivity contribution in [2.24, 2.45) is 0 Å². The molecule has 0 amide bonds. The molecular weight excluding hydrogens is 370 g/mol. The molecule has 1 saturated heterocycles. The second-order valence-corrected chi connectivity index (χ2v) is 9.11. The predicted molar refractivity (Wildman–Crippen MR) is 101 cm³/mol. The summed E-state index contributed by atoms with van der Waals surface area (Å²) in [7, 11) is -3.71. The Kier molecular flexibility index (Phi) is 5.18. The highest BCUT2D eigenvalue weighted by Gasteiger charge is 2.32. The third kappa shape index (κ3) is 3.80. The molecule has 1 aliphatic heterocycles. The highest BCUT2D eigenvalue weighted by molar-refractivity contribution is 7.90. The number of benzene rings is 1. The molecule has 0 N–H and O–H groups in total. The third-order valence-electron chi connectivity index (χ3n) is 4.84. The molecule has 0 saturated carbocycles. The van der Waals surface area contributed by atoms with Gasteiger partial charge in [0.25, 0.3) is 0 Å². The van der Waals surface area contributed by atoms with E-state index in [4.69, 9.17) is 0 Å². The van der Waals surface area contributed by atoms with Gasteiger partial charge in [-0.05, 0) is 38.8 Å². The quantitative estimate of drug-likeness (QED) is 0.567. The molecule has 3 rings (SSSR count). The van der Waals surface area contributed by atoms with Crippen molar-refractivity contribution in [2.45, 2.75) is 43.5 Å². The Balaban J connectivity index is 2.00. The Hall–Kier alpha value is -2.49. The number of nitro benzene ring substituents is 1. The van der Waals surface area contributed by atoms with Crippen LogP contribution in [0.3, 0.4) is 0 Å². The Labute approximate surface area is 158 Å². The molecule has 10 heteroatoms. The summed E-state index contributed by atoms with van der Waals surface area (Å²) in [4.78, 5) is 12.7. The molecule has 0 aliphatic carbocycles. The zero-order valence-electron chi connectivity index (χ0n) is 15.6. The van der Waals surface area contributed by atoms with Crippen molar-refractivity contribution in [2.75, 3.05) is 24.2 Å². The van der Waals surface area contributed by atoms with Crippen LogP contribution in [0.4, 0.5) is 11.4 Å². The first kappa shape index (κ1) is 19.3. The number of nitrogens with zero attached hydrogens (tertiary/aromatic N) is 5. The summed E-state index contributed by atoms with van der Waals surface area (Å²) >= 11 is 0. The maximum absolute atomic E-state index is 12.0. The molecule has 0 spiro atoms. The summed E-state index contributed by atoms with van der Waals surface area (Å²) < 4.78 is 26.0. The van der Waals surface area contributed by atoms with E-state index in [9.17, 15) is 18.5 Å². The van der Waals surface area contributed by atoms with Crippen LogP contribution in [0.25, 0.3) is 0 Å². The summed E-state index contributed by atoms with van der Waals surface area (Å²) in [6.07, 6.45) is 4.42. The van der Waals surface area contributed by atoms with E-state index >= 15 is 0 Å². The molecule has 1 aliphatic rings. The molecule has 2 aromatic rings. The fourth-order valence-corrected chi connectivity index (χ4v) is 4.45. The van der Waals surface area contributed by atoms with Crippen LogP contribution in [0.2, 0.25) is 0 Å². The molecule has 27 heavy (non-hydrogen) atoms. The average molecular weight is 393 g/mol. The van der Waals surface area contributed by atoms with Gasteiger partial charge in [0.1, 0.15) is 22.7 Å². The molecule has 1 aromatic heterocycles. The summed E-state index contributed by atoms with van der Waals surface area (Å²) in [5.41, 5.74) is -0.0192. The van der Waals surface area contributed by atoms with Crippen LogP contribution >= 0.6 is 0 Å². The van der Waals surface area contributed by atoms with Gasteiger partial charge in [0.15, 0.2) is 9.84 Å². The van der Waals surface area contributed by atoms with Crippen LogP contribution in [0.1, 0.15) is 44.5 Å². The molecule has 9 nitrogen and oxygen atoms in total. The Morgan fingerprint density at radius 2 is 2.07 bits per heavy atom. The van der Waals surface area contributed by atoms with Gasteiger partial charge in [0.2, 0.25) is 0 Å². The van der Waals surface area contributed by atoms with Crippen LogP contribution in [0.5, 0.6) is 0 Å². The monoisotopic (exact) mass is 393 g/mol. The second-order valence-electron chi connectivity index (χ2n) is 7.13. The van der Waals surface area contributed by atoms with Gasteiger partial charge < -0.3 is 9.47 Å². The van der Waals surface area contributed by atoms with Gasteiger partial charge in [0.05, 0.1) is 4.92 Å². The third-order valence-corrected chi connectivity index (χ3v) is 5.97. The molecule has 0 radical (unpaired) electrons. The fraction of sp³-hybridized carbons (Fsp3) is 0.529. The van der Waals surface area contributed by atoms with Crippen molar-refractivity contribution in [3.05, 3.63) is 40.5 Å². The minimum Gasteiger partial charge on any atom is -0.365 e. The van der Waals surface area contributed by atoms with Gasteiger partial charge in [-0.3, -0.25) is 10.1 Å². The van der Waals surface area contributed by atoms with Crippen molar-refractivity contribution in [1.29, 1.82) is 0 Å². The number of rotatable bonds is 5. The van der Waals surface area contributed by atoms with Crippen molar-refractivity contribution in [3.63, 3.8) is 0 Å². The number of piperidine rings is 1. The van der Waals surface area contributed by atoms with E-state index in [1.807, 2.05) is 23.3 Å². The number of hydrogen-bond donors (Lipinski definition) is 0. The summed E-state index contributed by atoms with van der Waals surface area (Å²) in [6, 6.07) is 4.67. The molecular formula is C17H23N5O4S.